The number of aromatic nitrogens is 1. The number of esters is 1. The highest BCUT2D eigenvalue weighted by Crippen LogP contribution is 2.02. The summed E-state index contributed by atoms with van der Waals surface area (Å²) >= 11 is 5.30. The van der Waals surface area contributed by atoms with Crippen LogP contribution in [0.5, 0.6) is 0 Å². The van der Waals surface area contributed by atoms with Crippen molar-refractivity contribution in [3.8, 4) is 0 Å². The summed E-state index contributed by atoms with van der Waals surface area (Å²) in [4.78, 5) is 14.2. The van der Waals surface area contributed by atoms with Crippen molar-refractivity contribution >= 4 is 35.1 Å². The van der Waals surface area contributed by atoms with Crippen molar-refractivity contribution in [3.05, 3.63) is 11.6 Å². The molecule has 0 aliphatic rings. The van der Waals surface area contributed by atoms with Gasteiger partial charge in [0.1, 0.15) is 0 Å². The molecule has 4 nitrogen and oxygen atoms in total. The van der Waals surface area contributed by atoms with Gasteiger partial charge in [-0.2, -0.15) is 12.6 Å². The zero-order valence-electron chi connectivity index (χ0n) is 8.14. The summed E-state index contributed by atoms with van der Waals surface area (Å²) in [5, 5.41) is 2.18. The number of nitrogens with zero attached hydrogens (tertiary/aromatic N) is 1. The molecule has 0 aliphatic carbocycles. The first-order valence-corrected chi connectivity index (χ1v) is 5.47. The molecule has 1 heterocycles. The van der Waals surface area contributed by atoms with Gasteiger partial charge in [0.2, 0.25) is 0 Å². The van der Waals surface area contributed by atoms with Crippen LogP contribution >= 0.6 is 24.0 Å². The zero-order chi connectivity index (χ0) is 11.0. The number of rotatable bonds is 2. The monoisotopic (exact) mass is 234 g/mol. The van der Waals surface area contributed by atoms with Crippen molar-refractivity contribution in [3.63, 3.8) is 0 Å². The molecule has 0 aliphatic heterocycles. The Morgan fingerprint density at radius 2 is 2.50 bits per heavy atom. The summed E-state index contributed by atoms with van der Waals surface area (Å²) in [5.41, 5.74) is 5.19. The Kier molecular flexibility index (Phi) is 7.23. The lowest BCUT2D eigenvalue weighted by molar-refractivity contribution is -0.142. The summed E-state index contributed by atoms with van der Waals surface area (Å²) < 4.78 is 4.59. The quantitative estimate of drug-likeness (QED) is 0.602. The number of carbonyl (C=O) groups excluding carboxylic acids is 1. The van der Waals surface area contributed by atoms with Crippen LogP contribution in [0.2, 0.25) is 0 Å². The first-order valence-electron chi connectivity index (χ1n) is 4.07. The number of ether oxygens (including phenoxy) is 1. The number of hydrogen-bond acceptors (Lipinski definition) is 6. The van der Waals surface area contributed by atoms with Gasteiger partial charge in [-0.05, 0) is 13.8 Å². The van der Waals surface area contributed by atoms with E-state index in [1.54, 1.807) is 20.0 Å². The minimum atomic E-state index is -0.296. The second-order valence-electron chi connectivity index (χ2n) is 2.30. The van der Waals surface area contributed by atoms with Crippen LogP contribution in [-0.2, 0) is 9.53 Å². The van der Waals surface area contributed by atoms with E-state index in [4.69, 9.17) is 5.73 Å². The van der Waals surface area contributed by atoms with Crippen molar-refractivity contribution in [1.29, 1.82) is 0 Å². The first kappa shape index (κ1) is 13.2. The van der Waals surface area contributed by atoms with Crippen LogP contribution in [-0.4, -0.2) is 22.8 Å². The van der Waals surface area contributed by atoms with Gasteiger partial charge in [-0.1, -0.05) is 0 Å². The number of anilines is 1. The summed E-state index contributed by atoms with van der Waals surface area (Å²) in [7, 11) is 0. The van der Waals surface area contributed by atoms with Gasteiger partial charge in [-0.25, -0.2) is 4.98 Å². The van der Waals surface area contributed by atoms with Crippen molar-refractivity contribution in [1.82, 2.24) is 4.98 Å². The molecule has 0 fully saturated rings. The summed E-state index contributed by atoms with van der Waals surface area (Å²) in [6.45, 7) is 3.89. The molecule has 0 saturated heterocycles. The molecule has 14 heavy (non-hydrogen) atoms. The molecular weight excluding hydrogens is 220 g/mol. The van der Waals surface area contributed by atoms with Gasteiger partial charge in [0.05, 0.1) is 11.9 Å². The fraction of sp³-hybridized carbons (Fsp3) is 0.500. The molecule has 80 valence electrons. The maximum Gasteiger partial charge on any atom is 0.318 e. The molecule has 1 rings (SSSR count). The zero-order valence-corrected chi connectivity index (χ0v) is 9.85. The molecule has 2 N–H and O–H groups in total. The van der Waals surface area contributed by atoms with E-state index in [-0.39, 0.29) is 11.2 Å². The third-order valence-electron chi connectivity index (χ3n) is 1.08. The van der Waals surface area contributed by atoms with Crippen molar-refractivity contribution in [2.24, 2.45) is 0 Å². The van der Waals surface area contributed by atoms with E-state index in [0.717, 1.165) is 0 Å². The van der Waals surface area contributed by atoms with Gasteiger partial charge in [0.25, 0.3) is 0 Å². The van der Waals surface area contributed by atoms with Crippen LogP contribution in [0.4, 0.5) is 5.13 Å². The Hall–Kier alpha value is -0.750. The van der Waals surface area contributed by atoms with Gasteiger partial charge in [0, 0.05) is 11.6 Å². The number of nitrogens with two attached hydrogens (primary N) is 1. The Balaban J connectivity index is 0.000000249. The molecule has 0 bridgehead atoms. The maximum absolute atomic E-state index is 10.4. The average Bonchev–Trinajstić information content (AvgIpc) is 2.57. The lowest BCUT2D eigenvalue weighted by Crippen LogP contribution is -2.13. The van der Waals surface area contributed by atoms with Crippen LogP contribution < -0.4 is 5.73 Å². The molecule has 1 aromatic rings. The highest BCUT2D eigenvalue weighted by atomic mass is 32.1. The van der Waals surface area contributed by atoms with Gasteiger partial charge >= 0.3 is 5.97 Å². The smallest absolute Gasteiger partial charge is 0.318 e. The number of thiazole rings is 1. The summed E-state index contributed by atoms with van der Waals surface area (Å²) in [6.07, 6.45) is 1.68. The third kappa shape index (κ3) is 6.73. The normalized spacial score (nSPS) is 11.1. The van der Waals surface area contributed by atoms with Crippen LogP contribution in [0.25, 0.3) is 0 Å². The summed E-state index contributed by atoms with van der Waals surface area (Å²) in [6, 6.07) is 0. The largest absolute Gasteiger partial charge is 0.465 e. The number of hydrogen-bond donors (Lipinski definition) is 2. The number of carbonyl (C=O) groups is 1. The van der Waals surface area contributed by atoms with Crippen LogP contribution in [0.3, 0.4) is 0 Å². The van der Waals surface area contributed by atoms with Crippen molar-refractivity contribution in [2.75, 3.05) is 12.3 Å². The van der Waals surface area contributed by atoms with Crippen molar-refractivity contribution < 1.29 is 9.53 Å². The van der Waals surface area contributed by atoms with E-state index in [1.807, 2.05) is 5.38 Å². The van der Waals surface area contributed by atoms with Crippen molar-refractivity contribution in [2.45, 2.75) is 19.1 Å². The third-order valence-corrected chi connectivity index (χ3v) is 1.89. The Morgan fingerprint density at radius 3 is 2.64 bits per heavy atom. The molecule has 1 unspecified atom stereocenters. The predicted molar refractivity (Wildman–Crippen MR) is 61.6 cm³/mol. The standard InChI is InChI=1S/C5H10O2S.C3H4N2S/c1-3-7-5(6)4(2)8;4-3-5-1-2-6-3/h4,8H,3H2,1-2H3;1-2H,(H2,4,5). The van der Waals surface area contributed by atoms with Gasteiger partial charge < -0.3 is 10.5 Å². The van der Waals surface area contributed by atoms with Gasteiger partial charge in [-0.15, -0.1) is 11.3 Å². The van der Waals surface area contributed by atoms with E-state index >= 15 is 0 Å². The van der Waals surface area contributed by atoms with Gasteiger partial charge in [-0.3, -0.25) is 4.79 Å². The molecule has 1 aromatic heterocycles. The van der Waals surface area contributed by atoms with Gasteiger partial charge in [0.15, 0.2) is 5.13 Å². The van der Waals surface area contributed by atoms with E-state index in [9.17, 15) is 4.79 Å². The molecule has 0 radical (unpaired) electrons. The molecule has 0 saturated carbocycles. The highest BCUT2D eigenvalue weighted by molar-refractivity contribution is 7.81. The fourth-order valence-corrected chi connectivity index (χ4v) is 0.955. The van der Waals surface area contributed by atoms with E-state index in [2.05, 4.69) is 22.3 Å². The second-order valence-corrected chi connectivity index (χ2v) is 4.00. The van der Waals surface area contributed by atoms with Crippen LogP contribution in [0, 0.1) is 0 Å². The predicted octanol–water partition coefficient (Wildman–Crippen LogP) is 1.59. The topological polar surface area (TPSA) is 65.2 Å². The van der Waals surface area contributed by atoms with E-state index < -0.39 is 0 Å². The SMILES string of the molecule is CCOC(=O)C(C)S.Nc1nccs1. The van der Waals surface area contributed by atoms with Crippen LogP contribution in [0.15, 0.2) is 11.6 Å². The minimum absolute atomic E-state index is 0.254. The van der Waals surface area contributed by atoms with Crippen LogP contribution in [0.1, 0.15) is 13.8 Å². The first-order chi connectivity index (χ1) is 6.57. The molecule has 0 spiro atoms. The lowest BCUT2D eigenvalue weighted by Gasteiger charge is -2.01. The number of nitrogen functional groups attached to an aromatic ring is 1. The Bertz CT molecular complexity index is 250. The molecular formula is C8H14N2O2S2. The molecule has 0 aromatic carbocycles. The summed E-state index contributed by atoms with van der Waals surface area (Å²) in [5.74, 6) is -0.254. The minimum Gasteiger partial charge on any atom is -0.465 e. The second kappa shape index (κ2) is 7.64. The average molecular weight is 234 g/mol. The highest BCUT2D eigenvalue weighted by Gasteiger charge is 2.06. The Morgan fingerprint density at radius 1 is 1.86 bits per heavy atom. The fourth-order valence-electron chi connectivity index (χ4n) is 0.497. The molecule has 0 amide bonds. The Labute approximate surface area is 92.9 Å². The lowest BCUT2D eigenvalue weighted by atomic mass is 10.5. The molecule has 6 heteroatoms. The maximum atomic E-state index is 10.4. The number of thiol groups is 1. The molecule has 1 atom stereocenters. The van der Waals surface area contributed by atoms with E-state index in [0.29, 0.717) is 11.7 Å². The van der Waals surface area contributed by atoms with E-state index in [1.165, 1.54) is 11.3 Å².